The first-order chi connectivity index (χ1) is 11.9. The lowest BCUT2D eigenvalue weighted by atomic mass is 10.0. The van der Waals surface area contributed by atoms with Gasteiger partial charge in [-0.25, -0.2) is 13.6 Å². The molecule has 3 rings (SSSR count). The predicted octanol–water partition coefficient (Wildman–Crippen LogP) is 3.70. The lowest BCUT2D eigenvalue weighted by molar-refractivity contribution is 0.0693. The highest BCUT2D eigenvalue weighted by atomic mass is 19.2. The highest BCUT2D eigenvalue weighted by molar-refractivity contribution is 5.91. The van der Waals surface area contributed by atoms with Crippen molar-refractivity contribution in [1.82, 2.24) is 4.57 Å². The molecular formula is C18H10F2N2O3. The van der Waals surface area contributed by atoms with Gasteiger partial charge in [0.2, 0.25) is 0 Å². The summed E-state index contributed by atoms with van der Waals surface area (Å²) in [6, 6.07) is 9.41. The summed E-state index contributed by atoms with van der Waals surface area (Å²) in [6.45, 7) is 0. The topological polar surface area (TPSA) is 86.2 Å². The van der Waals surface area contributed by atoms with E-state index in [1.54, 1.807) is 0 Å². The molecule has 0 unspecified atom stereocenters. The van der Waals surface area contributed by atoms with Gasteiger partial charge in [-0.3, -0.25) is 0 Å². The molecule has 0 saturated carbocycles. The monoisotopic (exact) mass is 340 g/mol. The fraction of sp³-hybridized carbons (Fsp3) is 0. The third-order valence-corrected chi connectivity index (χ3v) is 3.70. The number of halogens is 2. The number of aromatic nitrogens is 1. The lowest BCUT2D eigenvalue weighted by Crippen LogP contribution is -1.98. The largest absolute Gasteiger partial charge is 0.507 e. The van der Waals surface area contributed by atoms with Crippen molar-refractivity contribution in [3.8, 4) is 28.6 Å². The number of aromatic hydroxyl groups is 1. The number of hydrogen-bond donors (Lipinski definition) is 2. The molecule has 5 nitrogen and oxygen atoms in total. The summed E-state index contributed by atoms with van der Waals surface area (Å²) in [5.41, 5.74) is 0.309. The van der Waals surface area contributed by atoms with Crippen LogP contribution < -0.4 is 0 Å². The molecule has 0 amide bonds. The van der Waals surface area contributed by atoms with Crippen LogP contribution >= 0.6 is 0 Å². The van der Waals surface area contributed by atoms with E-state index < -0.39 is 23.4 Å². The maximum Gasteiger partial charge on any atom is 0.339 e. The summed E-state index contributed by atoms with van der Waals surface area (Å²) >= 11 is 0. The van der Waals surface area contributed by atoms with Crippen LogP contribution in [0.2, 0.25) is 0 Å². The maximum absolute atomic E-state index is 14.0. The van der Waals surface area contributed by atoms with Gasteiger partial charge in [-0.05, 0) is 18.2 Å². The van der Waals surface area contributed by atoms with E-state index in [-0.39, 0.29) is 22.3 Å². The lowest BCUT2D eigenvalue weighted by Gasteiger charge is -2.06. The summed E-state index contributed by atoms with van der Waals surface area (Å²) in [5.74, 6) is -3.83. The van der Waals surface area contributed by atoms with E-state index in [9.17, 15) is 23.9 Å². The Balaban J connectivity index is 2.14. The summed E-state index contributed by atoms with van der Waals surface area (Å²) in [7, 11) is 0. The smallest absolute Gasteiger partial charge is 0.339 e. The molecule has 0 aliphatic carbocycles. The van der Waals surface area contributed by atoms with E-state index in [1.807, 2.05) is 6.07 Å². The van der Waals surface area contributed by atoms with Crippen LogP contribution in [0.4, 0.5) is 8.78 Å². The van der Waals surface area contributed by atoms with Gasteiger partial charge in [0.05, 0.1) is 5.56 Å². The quantitative estimate of drug-likeness (QED) is 0.761. The fourth-order valence-corrected chi connectivity index (χ4v) is 2.48. The van der Waals surface area contributed by atoms with Gasteiger partial charge in [0.1, 0.15) is 17.4 Å². The van der Waals surface area contributed by atoms with Crippen molar-refractivity contribution in [3.05, 3.63) is 71.6 Å². The van der Waals surface area contributed by atoms with Crippen molar-refractivity contribution >= 4 is 5.97 Å². The SMILES string of the molecule is N#Cc1cn(-c2ccc(C(=O)O)c(O)c2)cc1-c1cccc(F)c1F. The van der Waals surface area contributed by atoms with Gasteiger partial charge in [-0.2, -0.15) is 5.26 Å². The van der Waals surface area contributed by atoms with Crippen molar-refractivity contribution in [1.29, 1.82) is 5.26 Å². The van der Waals surface area contributed by atoms with Crippen LogP contribution in [-0.2, 0) is 0 Å². The molecule has 0 radical (unpaired) electrons. The van der Waals surface area contributed by atoms with Crippen LogP contribution in [0.3, 0.4) is 0 Å². The van der Waals surface area contributed by atoms with E-state index in [0.717, 1.165) is 6.07 Å². The molecule has 3 aromatic rings. The van der Waals surface area contributed by atoms with E-state index in [1.165, 1.54) is 47.3 Å². The molecule has 7 heteroatoms. The van der Waals surface area contributed by atoms with Crippen LogP contribution in [0, 0.1) is 23.0 Å². The summed E-state index contributed by atoms with van der Waals surface area (Å²) in [4.78, 5) is 10.9. The highest BCUT2D eigenvalue weighted by Gasteiger charge is 2.17. The average Bonchev–Trinajstić information content (AvgIpc) is 3.01. The highest BCUT2D eigenvalue weighted by Crippen LogP contribution is 2.30. The minimum atomic E-state index is -1.28. The fourth-order valence-electron chi connectivity index (χ4n) is 2.48. The standard InChI is InChI=1S/C18H10F2N2O3/c19-15-3-1-2-12(17(15)20)14-9-22(8-10(14)7-21)11-4-5-13(18(24)25)16(23)6-11/h1-6,8-9,23H,(H,24,25). The first-order valence-electron chi connectivity index (χ1n) is 7.05. The van der Waals surface area contributed by atoms with Crippen molar-refractivity contribution < 1.29 is 23.8 Å². The van der Waals surface area contributed by atoms with Gasteiger partial charge in [0, 0.05) is 35.3 Å². The number of nitriles is 1. The molecule has 0 bridgehead atoms. The number of carbonyl (C=O) groups is 1. The molecule has 124 valence electrons. The third-order valence-electron chi connectivity index (χ3n) is 3.70. The van der Waals surface area contributed by atoms with E-state index in [2.05, 4.69) is 0 Å². The zero-order valence-corrected chi connectivity index (χ0v) is 12.6. The molecule has 0 atom stereocenters. The summed E-state index contributed by atoms with van der Waals surface area (Å²) in [6.07, 6.45) is 2.79. The van der Waals surface area contributed by atoms with Crippen molar-refractivity contribution in [2.24, 2.45) is 0 Å². The molecule has 0 spiro atoms. The van der Waals surface area contributed by atoms with Crippen LogP contribution in [0.25, 0.3) is 16.8 Å². The average molecular weight is 340 g/mol. The zero-order valence-electron chi connectivity index (χ0n) is 12.6. The third kappa shape index (κ3) is 2.81. The Kier molecular flexibility index (Phi) is 3.95. The minimum Gasteiger partial charge on any atom is -0.507 e. The Morgan fingerprint density at radius 1 is 1.12 bits per heavy atom. The zero-order chi connectivity index (χ0) is 18.1. The van der Waals surface area contributed by atoms with Crippen LogP contribution in [0.1, 0.15) is 15.9 Å². The first kappa shape index (κ1) is 16.2. The molecule has 1 aromatic heterocycles. The number of carboxylic acids is 1. The summed E-state index contributed by atoms with van der Waals surface area (Å²) < 4.78 is 28.9. The second-order valence-electron chi connectivity index (χ2n) is 5.21. The van der Waals surface area contributed by atoms with Gasteiger partial charge in [0.15, 0.2) is 11.6 Å². The Morgan fingerprint density at radius 2 is 1.88 bits per heavy atom. The summed E-state index contributed by atoms with van der Waals surface area (Å²) in [5, 5.41) is 28.0. The van der Waals surface area contributed by atoms with Gasteiger partial charge >= 0.3 is 5.97 Å². The van der Waals surface area contributed by atoms with Gasteiger partial charge < -0.3 is 14.8 Å². The number of aromatic carboxylic acids is 1. The van der Waals surface area contributed by atoms with Crippen molar-refractivity contribution in [2.45, 2.75) is 0 Å². The molecule has 2 aromatic carbocycles. The van der Waals surface area contributed by atoms with Crippen LogP contribution in [0.15, 0.2) is 48.8 Å². The van der Waals surface area contributed by atoms with E-state index in [4.69, 9.17) is 5.11 Å². The number of phenols is 1. The van der Waals surface area contributed by atoms with Crippen LogP contribution in [0.5, 0.6) is 5.75 Å². The maximum atomic E-state index is 14.0. The Labute approximate surface area is 140 Å². The second kappa shape index (κ2) is 6.09. The minimum absolute atomic E-state index is 0.0679. The Bertz CT molecular complexity index is 1040. The van der Waals surface area contributed by atoms with E-state index >= 15 is 0 Å². The second-order valence-corrected chi connectivity index (χ2v) is 5.21. The van der Waals surface area contributed by atoms with E-state index in [0.29, 0.717) is 5.69 Å². The first-order valence-corrected chi connectivity index (χ1v) is 7.05. The number of nitrogens with zero attached hydrogens (tertiary/aromatic N) is 2. The normalized spacial score (nSPS) is 10.4. The number of rotatable bonds is 3. The molecule has 2 N–H and O–H groups in total. The van der Waals surface area contributed by atoms with Crippen molar-refractivity contribution in [3.63, 3.8) is 0 Å². The van der Waals surface area contributed by atoms with Crippen molar-refractivity contribution in [2.75, 3.05) is 0 Å². The molecule has 0 fully saturated rings. The number of hydrogen-bond acceptors (Lipinski definition) is 3. The molecular weight excluding hydrogens is 330 g/mol. The molecule has 1 heterocycles. The van der Waals surface area contributed by atoms with Gasteiger partial charge in [-0.1, -0.05) is 12.1 Å². The van der Waals surface area contributed by atoms with Gasteiger partial charge in [0.25, 0.3) is 0 Å². The van der Waals surface area contributed by atoms with Gasteiger partial charge in [-0.15, -0.1) is 0 Å². The van der Waals surface area contributed by atoms with Crippen LogP contribution in [-0.4, -0.2) is 20.7 Å². The predicted molar refractivity (Wildman–Crippen MR) is 84.5 cm³/mol. The molecule has 0 aliphatic rings. The Morgan fingerprint density at radius 3 is 2.52 bits per heavy atom. The number of benzene rings is 2. The Hall–Kier alpha value is -3.66. The molecule has 25 heavy (non-hydrogen) atoms. The number of carboxylic acid groups (broad SMARTS) is 1. The molecule has 0 aliphatic heterocycles. The molecule has 0 saturated heterocycles.